The number of hydrogen-bond acceptors (Lipinski definition) is 2. The largest absolute Gasteiger partial charge is 0.346 e. The van der Waals surface area contributed by atoms with Gasteiger partial charge in [0.2, 0.25) is 0 Å². The highest BCUT2D eigenvalue weighted by Gasteiger charge is 2.21. The molecule has 4 heteroatoms. The summed E-state index contributed by atoms with van der Waals surface area (Å²) in [6.45, 7) is 8.02. The minimum Gasteiger partial charge on any atom is -0.346 e. The van der Waals surface area contributed by atoms with Gasteiger partial charge < -0.3 is 5.32 Å². The van der Waals surface area contributed by atoms with Crippen LogP contribution in [0.5, 0.6) is 0 Å². The van der Waals surface area contributed by atoms with Gasteiger partial charge in [-0.3, -0.25) is 4.79 Å². The van der Waals surface area contributed by atoms with Crippen LogP contribution in [0.2, 0.25) is 0 Å². The van der Waals surface area contributed by atoms with Crippen molar-refractivity contribution in [1.82, 2.24) is 5.32 Å². The summed E-state index contributed by atoms with van der Waals surface area (Å²) in [5.74, 6) is 0.548. The lowest BCUT2D eigenvalue weighted by Gasteiger charge is -2.24. The van der Waals surface area contributed by atoms with Crippen LogP contribution in [0.3, 0.4) is 0 Å². The number of halogens is 1. The molecule has 0 aliphatic carbocycles. The van der Waals surface area contributed by atoms with E-state index in [1.54, 1.807) is 0 Å². The Labute approximate surface area is 106 Å². The Bertz CT molecular complexity index is 365. The number of carbonyl (C=O) groups is 1. The molecule has 90 valence electrons. The molecule has 1 aromatic heterocycles. The van der Waals surface area contributed by atoms with E-state index in [0.29, 0.717) is 5.88 Å². The van der Waals surface area contributed by atoms with Crippen LogP contribution in [0.15, 0.2) is 6.07 Å². The highest BCUT2D eigenvalue weighted by atomic mass is 35.5. The normalized spacial score (nSPS) is 11.6. The SMILES string of the molecule is Cc1cc(C(=O)NC(C)(C)CCCl)sc1C. The molecule has 0 saturated heterocycles. The van der Waals surface area contributed by atoms with Crippen molar-refractivity contribution in [3.05, 3.63) is 21.4 Å². The molecule has 0 aromatic carbocycles. The van der Waals surface area contributed by atoms with Gasteiger partial charge in [0.15, 0.2) is 0 Å². The Balaban J connectivity index is 2.72. The fraction of sp³-hybridized carbons (Fsp3) is 0.583. The first-order chi connectivity index (χ1) is 7.35. The first-order valence-corrected chi connectivity index (χ1v) is 6.66. The molecule has 2 nitrogen and oxygen atoms in total. The number of rotatable bonds is 4. The quantitative estimate of drug-likeness (QED) is 0.824. The van der Waals surface area contributed by atoms with Crippen molar-refractivity contribution in [1.29, 1.82) is 0 Å². The molecule has 0 aliphatic heterocycles. The number of aryl methyl sites for hydroxylation is 2. The van der Waals surface area contributed by atoms with E-state index < -0.39 is 0 Å². The van der Waals surface area contributed by atoms with Gasteiger partial charge in [-0.1, -0.05) is 0 Å². The number of carbonyl (C=O) groups excluding carboxylic acids is 1. The molecule has 1 aromatic rings. The lowest BCUT2D eigenvalue weighted by Crippen LogP contribution is -2.43. The van der Waals surface area contributed by atoms with Crippen molar-refractivity contribution in [2.75, 3.05) is 5.88 Å². The van der Waals surface area contributed by atoms with Gasteiger partial charge in [0.05, 0.1) is 4.88 Å². The summed E-state index contributed by atoms with van der Waals surface area (Å²) < 4.78 is 0. The second-order valence-corrected chi connectivity index (χ2v) is 6.26. The van der Waals surface area contributed by atoms with E-state index in [1.807, 2.05) is 33.8 Å². The number of amides is 1. The molecule has 16 heavy (non-hydrogen) atoms. The van der Waals surface area contributed by atoms with Crippen LogP contribution in [-0.2, 0) is 0 Å². The Morgan fingerprint density at radius 2 is 2.12 bits per heavy atom. The molecule has 0 aliphatic rings. The van der Waals surface area contributed by atoms with E-state index in [0.717, 1.165) is 11.3 Å². The lowest BCUT2D eigenvalue weighted by molar-refractivity contribution is 0.0916. The fourth-order valence-corrected chi connectivity index (χ4v) is 2.75. The van der Waals surface area contributed by atoms with Crippen LogP contribution in [0.4, 0.5) is 0 Å². The van der Waals surface area contributed by atoms with E-state index >= 15 is 0 Å². The molecule has 0 spiro atoms. The van der Waals surface area contributed by atoms with Crippen molar-refractivity contribution in [3.8, 4) is 0 Å². The number of nitrogens with one attached hydrogen (secondary N) is 1. The Kier molecular flexibility index (Phi) is 4.39. The fourth-order valence-electron chi connectivity index (χ4n) is 1.35. The van der Waals surface area contributed by atoms with E-state index in [4.69, 9.17) is 11.6 Å². The van der Waals surface area contributed by atoms with E-state index in [-0.39, 0.29) is 11.4 Å². The van der Waals surface area contributed by atoms with Crippen LogP contribution < -0.4 is 5.32 Å². The van der Waals surface area contributed by atoms with Gasteiger partial charge in [0.1, 0.15) is 0 Å². The van der Waals surface area contributed by atoms with Crippen molar-refractivity contribution in [2.24, 2.45) is 0 Å². The molecule has 0 radical (unpaired) electrons. The van der Waals surface area contributed by atoms with Gasteiger partial charge in [-0.05, 0) is 45.7 Å². The maximum Gasteiger partial charge on any atom is 0.261 e. The van der Waals surface area contributed by atoms with Crippen molar-refractivity contribution >= 4 is 28.8 Å². The Hall–Kier alpha value is -0.540. The highest BCUT2D eigenvalue weighted by Crippen LogP contribution is 2.21. The Morgan fingerprint density at radius 3 is 2.56 bits per heavy atom. The summed E-state index contributed by atoms with van der Waals surface area (Å²) in [7, 11) is 0. The zero-order chi connectivity index (χ0) is 12.3. The minimum atomic E-state index is -0.245. The molecular weight excluding hydrogens is 242 g/mol. The second kappa shape index (κ2) is 5.19. The predicted molar refractivity (Wildman–Crippen MR) is 70.7 cm³/mol. The third-order valence-corrected chi connectivity index (χ3v) is 3.90. The molecule has 0 atom stereocenters. The summed E-state index contributed by atoms with van der Waals surface area (Å²) in [5.41, 5.74) is 0.926. The molecule has 0 saturated carbocycles. The van der Waals surface area contributed by atoms with Gasteiger partial charge in [-0.15, -0.1) is 22.9 Å². The van der Waals surface area contributed by atoms with Crippen LogP contribution in [0, 0.1) is 13.8 Å². The zero-order valence-corrected chi connectivity index (χ0v) is 11.8. The third kappa shape index (κ3) is 3.49. The number of alkyl halides is 1. The number of thiophene rings is 1. The highest BCUT2D eigenvalue weighted by molar-refractivity contribution is 7.14. The minimum absolute atomic E-state index is 0.00341. The van der Waals surface area contributed by atoms with Crippen LogP contribution in [-0.4, -0.2) is 17.3 Å². The lowest BCUT2D eigenvalue weighted by atomic mass is 10.0. The summed E-state index contributed by atoms with van der Waals surface area (Å²) in [6, 6.07) is 1.94. The predicted octanol–water partition coefficient (Wildman–Crippen LogP) is 3.50. The van der Waals surface area contributed by atoms with E-state index in [9.17, 15) is 4.79 Å². The van der Waals surface area contributed by atoms with E-state index in [2.05, 4.69) is 5.32 Å². The molecular formula is C12H18ClNOS. The third-order valence-electron chi connectivity index (χ3n) is 2.56. The molecule has 0 bridgehead atoms. The van der Waals surface area contributed by atoms with Gasteiger partial charge in [0.25, 0.3) is 5.91 Å². The topological polar surface area (TPSA) is 29.1 Å². The average molecular weight is 260 g/mol. The average Bonchev–Trinajstić information content (AvgIpc) is 2.46. The van der Waals surface area contributed by atoms with Gasteiger partial charge >= 0.3 is 0 Å². The maximum atomic E-state index is 12.0. The van der Waals surface area contributed by atoms with Crippen LogP contribution >= 0.6 is 22.9 Å². The maximum absolute atomic E-state index is 12.0. The van der Waals surface area contributed by atoms with E-state index in [1.165, 1.54) is 21.8 Å². The molecule has 1 N–H and O–H groups in total. The molecule has 0 unspecified atom stereocenters. The number of hydrogen-bond donors (Lipinski definition) is 1. The van der Waals surface area contributed by atoms with Crippen LogP contribution in [0.25, 0.3) is 0 Å². The van der Waals surface area contributed by atoms with Crippen molar-refractivity contribution in [3.63, 3.8) is 0 Å². The molecule has 1 amide bonds. The first-order valence-electron chi connectivity index (χ1n) is 5.31. The monoisotopic (exact) mass is 259 g/mol. The van der Waals surface area contributed by atoms with Gasteiger partial charge in [0, 0.05) is 16.3 Å². The summed E-state index contributed by atoms with van der Waals surface area (Å²) in [4.78, 5) is 13.9. The Morgan fingerprint density at radius 1 is 1.50 bits per heavy atom. The zero-order valence-electron chi connectivity index (χ0n) is 10.2. The molecule has 1 heterocycles. The van der Waals surface area contributed by atoms with Crippen molar-refractivity contribution < 1.29 is 4.79 Å². The summed E-state index contributed by atoms with van der Waals surface area (Å²) in [5, 5.41) is 3.00. The van der Waals surface area contributed by atoms with Gasteiger partial charge in [-0.25, -0.2) is 0 Å². The standard InChI is InChI=1S/C12H18ClNOS/c1-8-7-10(16-9(8)2)11(15)14-12(3,4)5-6-13/h7H,5-6H2,1-4H3,(H,14,15). The molecule has 1 rings (SSSR count). The van der Waals surface area contributed by atoms with Crippen molar-refractivity contribution in [2.45, 2.75) is 39.7 Å². The summed E-state index contributed by atoms with van der Waals surface area (Å²) in [6.07, 6.45) is 0.767. The molecule has 0 fully saturated rings. The second-order valence-electron chi connectivity index (χ2n) is 4.63. The first kappa shape index (κ1) is 13.5. The van der Waals surface area contributed by atoms with Crippen LogP contribution in [0.1, 0.15) is 40.4 Å². The van der Waals surface area contributed by atoms with Gasteiger partial charge in [-0.2, -0.15) is 0 Å². The summed E-state index contributed by atoms with van der Waals surface area (Å²) >= 11 is 7.23. The smallest absolute Gasteiger partial charge is 0.261 e.